The van der Waals surface area contributed by atoms with Crippen LogP contribution in [0.5, 0.6) is 0 Å². The molecule has 0 saturated heterocycles. The van der Waals surface area contributed by atoms with E-state index in [1.54, 1.807) is 25.9 Å². The average molecular weight is 412 g/mol. The maximum absolute atomic E-state index is 9.90. The van der Waals surface area contributed by atoms with Crippen molar-refractivity contribution in [2.24, 2.45) is 17.2 Å². The molecule has 0 heterocycles. The quantitative estimate of drug-likeness (QED) is 0.256. The average Bonchev–Trinajstić information content (AvgIpc) is 2.51. The van der Waals surface area contributed by atoms with Gasteiger partial charge in [0.05, 0.1) is 6.54 Å². The summed E-state index contributed by atoms with van der Waals surface area (Å²) in [4.78, 5) is 40.8. The lowest BCUT2D eigenvalue weighted by molar-refractivity contribution is -0.142. The van der Waals surface area contributed by atoms with Crippen molar-refractivity contribution in [2.45, 2.75) is 51.6 Å². The van der Waals surface area contributed by atoms with Crippen molar-refractivity contribution >= 4 is 23.9 Å². The van der Waals surface area contributed by atoms with Gasteiger partial charge < -0.3 is 37.6 Å². The van der Waals surface area contributed by atoms with Gasteiger partial charge >= 0.3 is 23.9 Å². The molecule has 0 aliphatic rings. The van der Waals surface area contributed by atoms with Crippen molar-refractivity contribution in [3.8, 4) is 0 Å². The minimum absolute atomic E-state index is 0.111. The number of hydrogen-bond donors (Lipinski definition) is 7. The number of nitrogens with zero attached hydrogens (tertiary/aromatic N) is 1. The van der Waals surface area contributed by atoms with Crippen LogP contribution in [0, 0.1) is 0 Å². The number of carbonyl (C=O) groups is 4. The normalized spacial score (nSPS) is 10.8. The molecule has 0 bridgehead atoms. The van der Waals surface area contributed by atoms with Gasteiger partial charge in [0, 0.05) is 6.42 Å². The van der Waals surface area contributed by atoms with E-state index in [9.17, 15) is 19.2 Å². The molecule has 0 aliphatic carbocycles. The first-order valence-electron chi connectivity index (χ1n) is 8.31. The fraction of sp³-hybridized carbons (Fsp3) is 0.750. The van der Waals surface area contributed by atoms with Crippen LogP contribution in [0.2, 0.25) is 0 Å². The molecule has 0 aromatic heterocycles. The summed E-state index contributed by atoms with van der Waals surface area (Å²) < 4.78 is 0. The lowest BCUT2D eigenvalue weighted by Crippen LogP contribution is -2.41. The van der Waals surface area contributed by atoms with Crippen molar-refractivity contribution in [2.75, 3.05) is 27.2 Å². The topological polar surface area (TPSA) is 230 Å². The van der Waals surface area contributed by atoms with Gasteiger partial charge in [0.2, 0.25) is 0 Å². The van der Waals surface area contributed by atoms with Gasteiger partial charge in [-0.25, -0.2) is 0 Å². The zero-order chi connectivity index (χ0) is 23.5. The summed E-state index contributed by atoms with van der Waals surface area (Å²) >= 11 is 0. The van der Waals surface area contributed by atoms with Crippen LogP contribution in [0.25, 0.3) is 0 Å². The zero-order valence-corrected chi connectivity index (χ0v) is 17.2. The molecule has 0 spiro atoms. The summed E-state index contributed by atoms with van der Waals surface area (Å²) in [7, 11) is 3.43. The highest BCUT2D eigenvalue weighted by molar-refractivity contribution is 5.77. The van der Waals surface area contributed by atoms with E-state index in [0.717, 1.165) is 0 Å². The molecule has 0 radical (unpaired) electrons. The molecule has 0 rings (SSSR count). The highest BCUT2D eigenvalue weighted by Crippen LogP contribution is 1.93. The van der Waals surface area contributed by atoms with Gasteiger partial charge in [-0.3, -0.25) is 24.1 Å². The van der Waals surface area contributed by atoms with E-state index in [1.165, 1.54) is 13.8 Å². The van der Waals surface area contributed by atoms with Crippen molar-refractivity contribution in [3.63, 3.8) is 0 Å². The Bertz CT molecular complexity index is 450. The zero-order valence-electron chi connectivity index (χ0n) is 17.2. The molecule has 10 N–H and O–H groups in total. The molecule has 0 saturated carbocycles. The Balaban J connectivity index is -0.000000137. The monoisotopic (exact) mass is 412 g/mol. The summed E-state index contributed by atoms with van der Waals surface area (Å²) in [6, 6.07) is -0.681. The molecule has 1 unspecified atom stereocenters. The number of likely N-dealkylation sites (N-methyl/N-ethyl adjacent to an activating group) is 1. The highest BCUT2D eigenvalue weighted by Gasteiger charge is 2.19. The van der Waals surface area contributed by atoms with Gasteiger partial charge in [-0.2, -0.15) is 0 Å². The molecular formula is C16H36N4O8. The lowest BCUT2D eigenvalue weighted by Gasteiger charge is -2.09. The predicted molar refractivity (Wildman–Crippen MR) is 104 cm³/mol. The molecule has 0 aromatic rings. The first-order chi connectivity index (χ1) is 12.5. The summed E-state index contributed by atoms with van der Waals surface area (Å²) in [5.41, 5.74) is 14.0. The fourth-order valence-corrected chi connectivity index (χ4v) is 0.698. The van der Waals surface area contributed by atoms with Crippen LogP contribution >= 0.6 is 0 Å². The van der Waals surface area contributed by atoms with Crippen molar-refractivity contribution < 1.29 is 39.6 Å². The van der Waals surface area contributed by atoms with Crippen molar-refractivity contribution in [3.05, 3.63) is 0 Å². The third-order valence-corrected chi connectivity index (χ3v) is 2.35. The first-order valence-corrected chi connectivity index (χ1v) is 8.31. The van der Waals surface area contributed by atoms with Crippen molar-refractivity contribution in [1.82, 2.24) is 4.90 Å². The van der Waals surface area contributed by atoms with Crippen molar-refractivity contribution in [1.29, 1.82) is 0 Å². The van der Waals surface area contributed by atoms with Crippen LogP contribution in [0.4, 0.5) is 0 Å². The number of nitrogens with two attached hydrogens (primary N) is 3. The van der Waals surface area contributed by atoms with Gasteiger partial charge in [0.1, 0.15) is 11.6 Å². The summed E-state index contributed by atoms with van der Waals surface area (Å²) in [5, 5.41) is 32.2. The summed E-state index contributed by atoms with van der Waals surface area (Å²) in [6.45, 7) is 5.19. The minimum Gasteiger partial charge on any atom is -0.481 e. The molecule has 0 fully saturated rings. The molecular weight excluding hydrogens is 376 g/mol. The molecule has 28 heavy (non-hydrogen) atoms. The van der Waals surface area contributed by atoms with E-state index in [4.69, 9.17) is 37.6 Å². The Kier molecular flexibility index (Phi) is 23.2. The molecule has 0 aliphatic heterocycles. The number of carboxylic acid groups (broad SMARTS) is 4. The Morgan fingerprint density at radius 3 is 1.43 bits per heavy atom. The summed E-state index contributed by atoms with van der Waals surface area (Å²) in [5.74, 6) is -3.47. The smallest absolute Gasteiger partial charge is 0.323 e. The van der Waals surface area contributed by atoms with Gasteiger partial charge in [-0.1, -0.05) is 6.92 Å². The number of carboxylic acids is 4. The summed E-state index contributed by atoms with van der Waals surface area (Å²) in [6.07, 6.45) is 1.27. The maximum Gasteiger partial charge on any atom is 0.323 e. The van der Waals surface area contributed by atoms with Crippen LogP contribution in [0.15, 0.2) is 0 Å². The van der Waals surface area contributed by atoms with E-state index in [-0.39, 0.29) is 13.0 Å². The van der Waals surface area contributed by atoms with Crippen LogP contribution < -0.4 is 17.2 Å². The molecule has 12 nitrogen and oxygen atoms in total. The highest BCUT2D eigenvalue weighted by atomic mass is 16.4. The van der Waals surface area contributed by atoms with Crippen LogP contribution in [0.1, 0.15) is 40.0 Å². The van der Waals surface area contributed by atoms with Crippen LogP contribution in [0.3, 0.4) is 0 Å². The molecule has 12 heteroatoms. The molecule has 0 amide bonds. The van der Waals surface area contributed by atoms with Gasteiger partial charge in [0.25, 0.3) is 0 Å². The maximum atomic E-state index is 9.90. The van der Waals surface area contributed by atoms with E-state index in [1.807, 2.05) is 0 Å². The Hall–Kier alpha value is -2.28. The SMILES string of the molecule is CC(C)(N)C(=O)O.CCC(N)C(=O)O.CN(C)CC(=O)O.NCCCC(=O)O. The van der Waals surface area contributed by atoms with Gasteiger partial charge in [-0.05, 0) is 47.3 Å². The predicted octanol–water partition coefficient (Wildman–Crippen LogP) is -0.941. The van der Waals surface area contributed by atoms with E-state index in [0.29, 0.717) is 19.4 Å². The van der Waals surface area contributed by atoms with E-state index < -0.39 is 35.5 Å². The Morgan fingerprint density at radius 2 is 1.39 bits per heavy atom. The number of rotatable bonds is 8. The number of aliphatic carboxylic acids is 4. The standard InChI is InChI=1S/4C4H9NO2/c1-5(2)3-4(6)7;1-4(2,5)3(6)7;1-2-3(5)4(6)7;5-3-1-2-4(6)7/h3H2,1-2H3,(H,6,7);5H2,1-2H3,(H,6,7);3H,2,5H2,1H3,(H,6,7);1-3,5H2,(H,6,7). The lowest BCUT2D eigenvalue weighted by atomic mass is 10.1. The third kappa shape index (κ3) is 39.0. The van der Waals surface area contributed by atoms with Gasteiger partial charge in [0.15, 0.2) is 0 Å². The molecule has 0 aromatic carbocycles. The van der Waals surface area contributed by atoms with Gasteiger partial charge in [-0.15, -0.1) is 0 Å². The minimum atomic E-state index is -1.08. The Morgan fingerprint density at radius 1 is 1.00 bits per heavy atom. The first kappa shape index (κ1) is 33.3. The Labute approximate surface area is 165 Å². The van der Waals surface area contributed by atoms with Crippen LogP contribution in [-0.2, 0) is 19.2 Å². The largest absolute Gasteiger partial charge is 0.481 e. The second kappa shape index (κ2) is 19.5. The fourth-order valence-electron chi connectivity index (χ4n) is 0.698. The van der Waals surface area contributed by atoms with Crippen LogP contribution in [-0.4, -0.2) is 88.0 Å². The second-order valence-corrected chi connectivity index (χ2v) is 6.30. The number of hydrogen-bond acceptors (Lipinski definition) is 8. The third-order valence-electron chi connectivity index (χ3n) is 2.35. The van der Waals surface area contributed by atoms with E-state index >= 15 is 0 Å². The van der Waals surface area contributed by atoms with E-state index in [2.05, 4.69) is 0 Å². The second-order valence-electron chi connectivity index (χ2n) is 6.30. The molecule has 168 valence electrons. The molecule has 1 atom stereocenters.